The van der Waals surface area contributed by atoms with Crippen molar-refractivity contribution in [1.29, 1.82) is 5.26 Å². The van der Waals surface area contributed by atoms with E-state index in [1.165, 1.54) is 56.9 Å². The highest BCUT2D eigenvalue weighted by molar-refractivity contribution is 5.71. The maximum Gasteiger partial charge on any atom is 0.0998 e. The minimum absolute atomic E-state index is 0.638. The molecular weight excluding hydrogens is 302 g/mol. The lowest BCUT2D eigenvalue weighted by atomic mass is 9.76. The van der Waals surface area contributed by atoms with Gasteiger partial charge in [-0.15, -0.1) is 0 Å². The molecule has 0 radical (unpaired) electrons. The molecule has 1 nitrogen and oxygen atoms in total. The molecule has 1 saturated carbocycles. The summed E-state index contributed by atoms with van der Waals surface area (Å²) in [6.45, 7) is 2.28. The summed E-state index contributed by atoms with van der Waals surface area (Å²) in [6, 6.07) is 19.2. The van der Waals surface area contributed by atoms with Gasteiger partial charge < -0.3 is 0 Å². The van der Waals surface area contributed by atoms with Gasteiger partial charge in [0.25, 0.3) is 0 Å². The number of nitriles is 1. The third-order valence-corrected chi connectivity index (χ3v) is 5.78. The van der Waals surface area contributed by atoms with Crippen molar-refractivity contribution >= 4 is 0 Å². The van der Waals surface area contributed by atoms with Crippen molar-refractivity contribution in [2.24, 2.45) is 5.92 Å². The van der Waals surface area contributed by atoms with Crippen molar-refractivity contribution < 1.29 is 0 Å². The van der Waals surface area contributed by atoms with Crippen LogP contribution in [0.4, 0.5) is 0 Å². The van der Waals surface area contributed by atoms with E-state index in [4.69, 9.17) is 0 Å². The summed E-state index contributed by atoms with van der Waals surface area (Å²) in [6.07, 6.45) is 10.8. The first-order valence-electron chi connectivity index (χ1n) is 9.91. The van der Waals surface area contributed by atoms with E-state index in [9.17, 15) is 5.26 Å². The van der Waals surface area contributed by atoms with Crippen LogP contribution in [0.15, 0.2) is 48.5 Å². The largest absolute Gasteiger partial charge is 0.192 e. The highest BCUT2D eigenvalue weighted by atomic mass is 14.3. The Bertz CT molecular complexity index is 703. The monoisotopic (exact) mass is 331 g/mol. The first-order valence-corrected chi connectivity index (χ1v) is 9.91. The lowest BCUT2D eigenvalue weighted by molar-refractivity contribution is 0.303. The predicted molar refractivity (Wildman–Crippen MR) is 105 cm³/mol. The van der Waals surface area contributed by atoms with E-state index in [0.717, 1.165) is 22.6 Å². The summed E-state index contributed by atoms with van der Waals surface area (Å²) in [5, 5.41) is 9.62. The fourth-order valence-corrected chi connectivity index (χ4v) is 4.25. The van der Waals surface area contributed by atoms with Crippen LogP contribution in [0, 0.1) is 17.2 Å². The molecule has 3 rings (SSSR count). The molecule has 2 aromatic rings. The summed E-state index contributed by atoms with van der Waals surface area (Å²) in [5.41, 5.74) is 4.36. The Kier molecular flexibility index (Phi) is 6.29. The first kappa shape index (κ1) is 17.7. The van der Waals surface area contributed by atoms with Gasteiger partial charge in [0.05, 0.1) is 11.6 Å². The van der Waals surface area contributed by atoms with Crippen molar-refractivity contribution in [3.63, 3.8) is 0 Å². The van der Waals surface area contributed by atoms with Crippen LogP contribution in [0.3, 0.4) is 0 Å². The van der Waals surface area contributed by atoms with Gasteiger partial charge in [0.15, 0.2) is 0 Å². The molecule has 0 atom stereocenters. The van der Waals surface area contributed by atoms with Crippen LogP contribution in [-0.4, -0.2) is 0 Å². The SMILES string of the molecule is CCCCCC1CCC(c2ccc(-c3ccccc3)c(C#N)c2)CC1. The molecule has 0 amide bonds. The molecule has 0 bridgehead atoms. The fourth-order valence-electron chi connectivity index (χ4n) is 4.25. The Balaban J connectivity index is 1.67. The number of rotatable bonds is 6. The average Bonchev–Trinajstić information content (AvgIpc) is 2.69. The van der Waals surface area contributed by atoms with E-state index in [2.05, 4.69) is 43.3 Å². The van der Waals surface area contributed by atoms with Gasteiger partial charge >= 0.3 is 0 Å². The highest BCUT2D eigenvalue weighted by Crippen LogP contribution is 2.39. The highest BCUT2D eigenvalue weighted by Gasteiger charge is 2.22. The summed E-state index contributed by atoms with van der Waals surface area (Å²) < 4.78 is 0. The Labute approximate surface area is 152 Å². The van der Waals surface area contributed by atoms with Crippen molar-refractivity contribution in [2.75, 3.05) is 0 Å². The van der Waals surface area contributed by atoms with Crippen molar-refractivity contribution in [1.82, 2.24) is 0 Å². The summed E-state index contributed by atoms with van der Waals surface area (Å²) in [4.78, 5) is 0. The number of nitrogens with zero attached hydrogens (tertiary/aromatic N) is 1. The molecule has 0 unspecified atom stereocenters. The molecule has 1 heteroatoms. The number of benzene rings is 2. The van der Waals surface area contributed by atoms with E-state index in [0.29, 0.717) is 5.92 Å². The van der Waals surface area contributed by atoms with Crippen molar-refractivity contribution in [3.8, 4) is 17.2 Å². The fraction of sp³-hybridized carbons (Fsp3) is 0.458. The van der Waals surface area contributed by atoms with Gasteiger partial charge in [0.1, 0.15) is 0 Å². The zero-order valence-corrected chi connectivity index (χ0v) is 15.4. The molecule has 0 aromatic heterocycles. The van der Waals surface area contributed by atoms with Crippen LogP contribution >= 0.6 is 0 Å². The van der Waals surface area contributed by atoms with E-state index >= 15 is 0 Å². The quantitative estimate of drug-likeness (QED) is 0.519. The van der Waals surface area contributed by atoms with Gasteiger partial charge in [-0.1, -0.05) is 75.1 Å². The van der Waals surface area contributed by atoms with Gasteiger partial charge in [-0.2, -0.15) is 5.26 Å². The summed E-state index contributed by atoms with van der Waals surface area (Å²) in [7, 11) is 0. The van der Waals surface area contributed by atoms with Crippen LogP contribution < -0.4 is 0 Å². The first-order chi connectivity index (χ1) is 12.3. The molecule has 1 aliphatic carbocycles. The number of unbranched alkanes of at least 4 members (excludes halogenated alkanes) is 2. The van der Waals surface area contributed by atoms with Gasteiger partial charge in [0.2, 0.25) is 0 Å². The van der Waals surface area contributed by atoms with Crippen molar-refractivity contribution in [2.45, 2.75) is 64.2 Å². The van der Waals surface area contributed by atoms with Gasteiger partial charge in [-0.05, 0) is 60.3 Å². The summed E-state index contributed by atoms with van der Waals surface area (Å²) >= 11 is 0. The van der Waals surface area contributed by atoms with Gasteiger partial charge in [0, 0.05) is 0 Å². The summed E-state index contributed by atoms with van der Waals surface area (Å²) in [5.74, 6) is 1.57. The Morgan fingerprint density at radius 2 is 1.72 bits per heavy atom. The van der Waals surface area contributed by atoms with Crippen molar-refractivity contribution in [3.05, 3.63) is 59.7 Å². The maximum atomic E-state index is 9.62. The van der Waals surface area contributed by atoms with E-state index in [-0.39, 0.29) is 0 Å². The normalized spacial score (nSPS) is 20.2. The third-order valence-electron chi connectivity index (χ3n) is 5.78. The molecule has 25 heavy (non-hydrogen) atoms. The van der Waals surface area contributed by atoms with Crippen LogP contribution in [-0.2, 0) is 0 Å². The topological polar surface area (TPSA) is 23.8 Å². The second kappa shape index (κ2) is 8.86. The minimum Gasteiger partial charge on any atom is -0.192 e. The Morgan fingerprint density at radius 1 is 0.960 bits per heavy atom. The average molecular weight is 332 g/mol. The molecule has 0 saturated heterocycles. The van der Waals surface area contributed by atoms with Crippen LogP contribution in [0.1, 0.15) is 75.3 Å². The number of hydrogen-bond donors (Lipinski definition) is 0. The maximum absolute atomic E-state index is 9.62. The lowest BCUT2D eigenvalue weighted by Gasteiger charge is -2.29. The smallest absolute Gasteiger partial charge is 0.0998 e. The van der Waals surface area contributed by atoms with Crippen LogP contribution in [0.25, 0.3) is 11.1 Å². The standard InChI is InChI=1S/C24H29N/c1-2-3-5-8-19-11-13-20(14-12-19)22-15-16-24(23(17-22)18-25)21-9-6-4-7-10-21/h4,6-7,9-10,15-17,19-20H,2-3,5,8,11-14H2,1H3. The lowest BCUT2D eigenvalue weighted by Crippen LogP contribution is -2.13. The van der Waals surface area contributed by atoms with E-state index in [1.54, 1.807) is 0 Å². The zero-order chi connectivity index (χ0) is 17.5. The molecule has 2 aromatic carbocycles. The molecule has 0 spiro atoms. The van der Waals surface area contributed by atoms with Crippen LogP contribution in [0.5, 0.6) is 0 Å². The zero-order valence-electron chi connectivity index (χ0n) is 15.4. The second-order valence-electron chi connectivity index (χ2n) is 7.50. The van der Waals surface area contributed by atoms with E-state index < -0.39 is 0 Å². The number of hydrogen-bond acceptors (Lipinski definition) is 1. The molecule has 130 valence electrons. The molecule has 1 fully saturated rings. The van der Waals surface area contributed by atoms with Gasteiger partial charge in [-0.25, -0.2) is 0 Å². The van der Waals surface area contributed by atoms with Gasteiger partial charge in [-0.3, -0.25) is 0 Å². The predicted octanol–water partition coefficient (Wildman–Crippen LogP) is 7.08. The Hall–Kier alpha value is -2.07. The molecule has 0 N–H and O–H groups in total. The van der Waals surface area contributed by atoms with E-state index in [1.807, 2.05) is 18.2 Å². The third kappa shape index (κ3) is 4.51. The minimum atomic E-state index is 0.638. The van der Waals surface area contributed by atoms with Crippen LogP contribution in [0.2, 0.25) is 0 Å². The molecule has 1 aliphatic rings. The molecule has 0 aliphatic heterocycles. The second-order valence-corrected chi connectivity index (χ2v) is 7.50. The Morgan fingerprint density at radius 3 is 2.40 bits per heavy atom. The molecular formula is C24H29N. The molecule has 0 heterocycles.